The third-order valence-electron chi connectivity index (χ3n) is 6.21. The molecule has 0 radical (unpaired) electrons. The normalized spacial score (nSPS) is 17.8. The molecule has 6 nitrogen and oxygen atoms in total. The number of piperidine rings is 1. The largest absolute Gasteiger partial charge is 0.480 e. The van der Waals surface area contributed by atoms with Crippen molar-refractivity contribution in [3.8, 4) is 0 Å². The number of likely N-dealkylation sites (tertiary alicyclic amines) is 1. The summed E-state index contributed by atoms with van der Waals surface area (Å²) in [5.74, 6) is -0.780. The molecule has 0 amide bonds. The lowest BCUT2D eigenvalue weighted by Crippen LogP contribution is -2.56. The van der Waals surface area contributed by atoms with E-state index in [1.54, 1.807) is 6.20 Å². The number of rotatable bonds is 10. The topological polar surface area (TPSA) is 84.4 Å². The Morgan fingerprint density at radius 2 is 1.93 bits per heavy atom. The molecule has 2 aromatic rings. The van der Waals surface area contributed by atoms with Crippen molar-refractivity contribution in [3.05, 3.63) is 53.9 Å². The third-order valence-corrected chi connectivity index (χ3v) is 6.21. The molecule has 0 spiro atoms. The predicted octanol–water partition coefficient (Wildman–Crippen LogP) is 2.15. The fraction of sp³-hybridized carbons (Fsp3) is 0.545. The molecule has 29 heavy (non-hydrogen) atoms. The van der Waals surface area contributed by atoms with Gasteiger partial charge in [-0.3, -0.25) is 14.4 Å². The van der Waals surface area contributed by atoms with Crippen LogP contribution >= 0.6 is 0 Å². The number of hydrogen-bond donors (Lipinski definition) is 2. The Labute approximate surface area is 174 Å². The fourth-order valence-corrected chi connectivity index (χ4v) is 4.42. The molecule has 1 aromatic carbocycles. The van der Waals surface area contributed by atoms with E-state index in [-0.39, 0.29) is 5.92 Å². The van der Waals surface area contributed by atoms with Gasteiger partial charge in [-0.05, 0) is 55.5 Å². The minimum atomic E-state index is -1.08. The molecule has 0 aliphatic carbocycles. The molecule has 0 saturated carbocycles. The summed E-state index contributed by atoms with van der Waals surface area (Å²) in [6.45, 7) is 3.46. The first kappa shape index (κ1) is 21.6. The SMILES string of the molecule is BCCCCC(N)(C(=O)O)C1CCN(Cc2cccc(Cn3cccn3)c2)CC1. The van der Waals surface area contributed by atoms with Crippen molar-refractivity contribution in [3.63, 3.8) is 0 Å². The zero-order chi connectivity index (χ0) is 20.7. The van der Waals surface area contributed by atoms with Gasteiger partial charge in [-0.25, -0.2) is 0 Å². The van der Waals surface area contributed by atoms with Gasteiger partial charge in [0.1, 0.15) is 13.4 Å². The van der Waals surface area contributed by atoms with Crippen LogP contribution in [-0.4, -0.2) is 52.2 Å². The molecule has 1 unspecified atom stereocenters. The number of nitrogens with two attached hydrogens (primary N) is 1. The highest BCUT2D eigenvalue weighted by Crippen LogP contribution is 2.31. The van der Waals surface area contributed by atoms with E-state index in [1.165, 1.54) is 11.1 Å². The zero-order valence-electron chi connectivity index (χ0n) is 17.5. The van der Waals surface area contributed by atoms with Gasteiger partial charge in [-0.1, -0.05) is 43.4 Å². The Kier molecular flexibility index (Phi) is 7.50. The van der Waals surface area contributed by atoms with Gasteiger partial charge in [-0.2, -0.15) is 5.10 Å². The average Bonchev–Trinajstić information content (AvgIpc) is 3.22. The highest BCUT2D eigenvalue weighted by Gasteiger charge is 2.42. The number of benzene rings is 1. The van der Waals surface area contributed by atoms with E-state index < -0.39 is 11.5 Å². The minimum Gasteiger partial charge on any atom is -0.480 e. The standard InChI is InChI=1S/C22H33BN4O2/c23-10-2-1-9-22(24,21(28)29)20-7-13-26(14-8-20)16-18-5-3-6-19(15-18)17-27-12-4-11-25-27/h3-6,11-12,15,20H,1-2,7-10,13-14,16-17,23-24H2,(H,28,29). The highest BCUT2D eigenvalue weighted by molar-refractivity contribution is 6.08. The molecular weight excluding hydrogens is 363 g/mol. The summed E-state index contributed by atoms with van der Waals surface area (Å²) in [5, 5.41) is 14.1. The molecule has 3 rings (SSSR count). The minimum absolute atomic E-state index is 0.0549. The molecule has 0 bridgehead atoms. The van der Waals surface area contributed by atoms with E-state index in [4.69, 9.17) is 5.73 Å². The average molecular weight is 396 g/mol. The third kappa shape index (κ3) is 5.70. The van der Waals surface area contributed by atoms with Gasteiger partial charge < -0.3 is 10.8 Å². The Morgan fingerprint density at radius 3 is 2.55 bits per heavy atom. The maximum absolute atomic E-state index is 11.9. The van der Waals surface area contributed by atoms with Crippen molar-refractivity contribution in [1.29, 1.82) is 0 Å². The van der Waals surface area contributed by atoms with Crippen LogP contribution in [0.25, 0.3) is 0 Å². The summed E-state index contributed by atoms with van der Waals surface area (Å²) in [4.78, 5) is 14.3. The second-order valence-electron chi connectivity index (χ2n) is 8.38. The molecule has 7 heteroatoms. The Bertz CT molecular complexity index is 775. The Morgan fingerprint density at radius 1 is 1.21 bits per heavy atom. The van der Waals surface area contributed by atoms with Crippen molar-refractivity contribution in [2.24, 2.45) is 11.7 Å². The lowest BCUT2D eigenvalue weighted by molar-refractivity contribution is -0.147. The number of nitrogens with zero attached hydrogens (tertiary/aromatic N) is 3. The van der Waals surface area contributed by atoms with Crippen molar-refractivity contribution in [1.82, 2.24) is 14.7 Å². The number of carboxylic acid groups (broad SMARTS) is 1. The van der Waals surface area contributed by atoms with Crippen LogP contribution in [0.5, 0.6) is 0 Å². The van der Waals surface area contributed by atoms with Crippen LogP contribution in [0.2, 0.25) is 6.32 Å². The molecule has 1 aliphatic rings. The summed E-state index contributed by atoms with van der Waals surface area (Å²) in [7, 11) is 2.13. The van der Waals surface area contributed by atoms with Crippen LogP contribution in [0.15, 0.2) is 42.7 Å². The maximum Gasteiger partial charge on any atom is 0.323 e. The van der Waals surface area contributed by atoms with Gasteiger partial charge in [0, 0.05) is 18.9 Å². The van der Waals surface area contributed by atoms with Gasteiger partial charge in [0.05, 0.1) is 6.54 Å². The Hall–Kier alpha value is -2.12. The summed E-state index contributed by atoms with van der Waals surface area (Å²) in [6.07, 6.45) is 9.06. The molecule has 1 atom stereocenters. The molecule has 1 fully saturated rings. The molecule has 2 heterocycles. The van der Waals surface area contributed by atoms with Crippen LogP contribution in [0.4, 0.5) is 0 Å². The molecule has 3 N–H and O–H groups in total. The predicted molar refractivity (Wildman–Crippen MR) is 118 cm³/mol. The van der Waals surface area contributed by atoms with Gasteiger partial charge in [-0.15, -0.1) is 0 Å². The van der Waals surface area contributed by atoms with Gasteiger partial charge >= 0.3 is 5.97 Å². The van der Waals surface area contributed by atoms with Crippen molar-refractivity contribution in [2.45, 2.75) is 57.1 Å². The monoisotopic (exact) mass is 396 g/mol. The summed E-state index contributed by atoms with van der Waals surface area (Å²) in [5.41, 5.74) is 7.86. The van der Waals surface area contributed by atoms with E-state index in [0.717, 1.165) is 58.2 Å². The second-order valence-corrected chi connectivity index (χ2v) is 8.38. The van der Waals surface area contributed by atoms with Crippen LogP contribution in [0.1, 0.15) is 43.2 Å². The fourth-order valence-electron chi connectivity index (χ4n) is 4.42. The van der Waals surface area contributed by atoms with E-state index in [2.05, 4.69) is 42.1 Å². The van der Waals surface area contributed by atoms with E-state index in [9.17, 15) is 9.90 Å². The van der Waals surface area contributed by atoms with Crippen molar-refractivity contribution >= 4 is 13.8 Å². The number of carbonyl (C=O) groups is 1. The number of unbranched alkanes of at least 4 members (excludes halogenated alkanes) is 1. The maximum atomic E-state index is 11.9. The summed E-state index contributed by atoms with van der Waals surface area (Å²) >= 11 is 0. The van der Waals surface area contributed by atoms with Crippen LogP contribution in [-0.2, 0) is 17.9 Å². The first-order valence-electron chi connectivity index (χ1n) is 10.8. The molecule has 1 aromatic heterocycles. The van der Waals surface area contributed by atoms with E-state index in [0.29, 0.717) is 6.42 Å². The van der Waals surface area contributed by atoms with E-state index in [1.807, 2.05) is 16.9 Å². The van der Waals surface area contributed by atoms with Crippen LogP contribution in [0.3, 0.4) is 0 Å². The van der Waals surface area contributed by atoms with Crippen LogP contribution < -0.4 is 5.73 Å². The lowest BCUT2D eigenvalue weighted by Gasteiger charge is -2.40. The number of carboxylic acids is 1. The lowest BCUT2D eigenvalue weighted by atomic mass is 9.75. The summed E-state index contributed by atoms with van der Waals surface area (Å²) in [6, 6.07) is 10.6. The summed E-state index contributed by atoms with van der Waals surface area (Å²) < 4.78 is 1.93. The zero-order valence-corrected chi connectivity index (χ0v) is 17.5. The smallest absolute Gasteiger partial charge is 0.323 e. The van der Waals surface area contributed by atoms with Crippen molar-refractivity contribution < 1.29 is 9.90 Å². The molecular formula is C22H33BN4O2. The van der Waals surface area contributed by atoms with Gasteiger partial charge in [0.2, 0.25) is 0 Å². The number of aliphatic carboxylic acids is 1. The first-order valence-corrected chi connectivity index (χ1v) is 10.8. The first-order chi connectivity index (χ1) is 14.0. The Balaban J connectivity index is 1.54. The molecule has 1 aliphatic heterocycles. The quantitative estimate of drug-likeness (QED) is 0.475. The van der Waals surface area contributed by atoms with Gasteiger partial charge in [0.25, 0.3) is 0 Å². The second kappa shape index (κ2) is 10.1. The highest BCUT2D eigenvalue weighted by atomic mass is 16.4. The van der Waals surface area contributed by atoms with Gasteiger partial charge in [0.15, 0.2) is 0 Å². The molecule has 1 saturated heterocycles. The van der Waals surface area contributed by atoms with Crippen molar-refractivity contribution in [2.75, 3.05) is 13.1 Å². The molecule has 156 valence electrons. The van der Waals surface area contributed by atoms with E-state index >= 15 is 0 Å². The van der Waals surface area contributed by atoms with Crippen LogP contribution in [0, 0.1) is 5.92 Å². The number of aromatic nitrogens is 2. The number of hydrogen-bond acceptors (Lipinski definition) is 4.